The van der Waals surface area contributed by atoms with Crippen molar-refractivity contribution in [2.24, 2.45) is 0 Å². The van der Waals surface area contributed by atoms with Crippen molar-refractivity contribution in [1.29, 1.82) is 0 Å². The second kappa shape index (κ2) is 13.8. The van der Waals surface area contributed by atoms with Gasteiger partial charge in [0.2, 0.25) is 5.91 Å². The third-order valence-electron chi connectivity index (χ3n) is 8.59. The van der Waals surface area contributed by atoms with Crippen LogP contribution >= 0.6 is 11.3 Å². The lowest BCUT2D eigenvalue weighted by molar-refractivity contribution is -0.200. The van der Waals surface area contributed by atoms with E-state index in [2.05, 4.69) is 10.5 Å². The predicted molar refractivity (Wildman–Crippen MR) is 170 cm³/mol. The molecule has 0 spiro atoms. The quantitative estimate of drug-likeness (QED) is 0.215. The lowest BCUT2D eigenvalue weighted by Gasteiger charge is -2.31. The van der Waals surface area contributed by atoms with E-state index < -0.39 is 62.2 Å². The number of benzene rings is 2. The third-order valence-corrected chi connectivity index (χ3v) is 12.5. The SMILES string of the molecule is O=C(CC1(c2ccc(-c3ccc(-c4cnco4)cc3)s2)CCN(C(=O)c2ccccc2C(F)(F)F)CCS1(=O)=O)NOC1CCCCO1. The van der Waals surface area contributed by atoms with Crippen LogP contribution in [0.25, 0.3) is 21.8 Å². The van der Waals surface area contributed by atoms with Gasteiger partial charge in [-0.3, -0.25) is 9.59 Å². The Labute approximate surface area is 278 Å². The molecule has 2 aromatic heterocycles. The van der Waals surface area contributed by atoms with Gasteiger partial charge in [-0.25, -0.2) is 23.7 Å². The molecule has 2 saturated heterocycles. The van der Waals surface area contributed by atoms with Crippen LogP contribution < -0.4 is 5.48 Å². The Hall–Kier alpha value is -4.05. The highest BCUT2D eigenvalue weighted by molar-refractivity contribution is 7.92. The zero-order valence-corrected chi connectivity index (χ0v) is 27.2. The number of hydroxylamine groups is 1. The number of ether oxygens (including phenoxy) is 1. The Kier molecular flexibility index (Phi) is 9.74. The number of aromatic nitrogens is 1. The number of rotatable bonds is 8. The molecule has 2 aromatic carbocycles. The van der Waals surface area contributed by atoms with Gasteiger partial charge in [-0.15, -0.1) is 11.3 Å². The fourth-order valence-electron chi connectivity index (χ4n) is 5.99. The minimum absolute atomic E-state index is 0.205. The first-order valence-electron chi connectivity index (χ1n) is 15.3. The van der Waals surface area contributed by atoms with E-state index in [1.165, 1.54) is 29.9 Å². The largest absolute Gasteiger partial charge is 0.444 e. The van der Waals surface area contributed by atoms with Gasteiger partial charge in [0.15, 0.2) is 28.3 Å². The van der Waals surface area contributed by atoms with Crippen LogP contribution in [0.3, 0.4) is 0 Å². The summed E-state index contributed by atoms with van der Waals surface area (Å²) in [5.41, 5.74) is 2.27. The van der Waals surface area contributed by atoms with Crippen LogP contribution in [0.5, 0.6) is 0 Å². The van der Waals surface area contributed by atoms with Gasteiger partial charge in [0.25, 0.3) is 5.91 Å². The molecule has 2 atom stereocenters. The van der Waals surface area contributed by atoms with E-state index in [0.717, 1.165) is 45.9 Å². The zero-order valence-electron chi connectivity index (χ0n) is 25.6. The molecule has 4 heterocycles. The van der Waals surface area contributed by atoms with Crippen LogP contribution in [0, 0.1) is 0 Å². The van der Waals surface area contributed by atoms with Crippen molar-refractivity contribution in [3.05, 3.63) is 89.3 Å². The van der Waals surface area contributed by atoms with Gasteiger partial charge in [-0.1, -0.05) is 36.4 Å². The summed E-state index contributed by atoms with van der Waals surface area (Å²) in [6, 6.07) is 15.2. The maximum absolute atomic E-state index is 14.2. The molecule has 15 heteroatoms. The number of nitrogens with one attached hydrogen (secondary N) is 1. The molecule has 0 aliphatic carbocycles. The molecule has 2 amide bonds. The van der Waals surface area contributed by atoms with Crippen LogP contribution in [-0.4, -0.2) is 61.9 Å². The van der Waals surface area contributed by atoms with Gasteiger partial charge in [0, 0.05) is 41.4 Å². The normalized spacial score (nSPS) is 21.4. The van der Waals surface area contributed by atoms with Crippen molar-refractivity contribution >= 4 is 33.0 Å². The number of nitrogens with zero attached hydrogens (tertiary/aromatic N) is 2. The molecular weight excluding hydrogens is 672 g/mol. The van der Waals surface area contributed by atoms with Gasteiger partial charge in [0.1, 0.15) is 4.75 Å². The summed E-state index contributed by atoms with van der Waals surface area (Å²) in [5.74, 6) is -1.62. The molecule has 2 aliphatic rings. The number of halogens is 3. The molecule has 48 heavy (non-hydrogen) atoms. The number of carbonyl (C=O) groups excluding carboxylic acids is 2. The van der Waals surface area contributed by atoms with Gasteiger partial charge in [-0.05, 0) is 49.1 Å². The predicted octanol–water partition coefficient (Wildman–Crippen LogP) is 6.21. The van der Waals surface area contributed by atoms with E-state index in [0.29, 0.717) is 23.7 Å². The molecule has 0 saturated carbocycles. The molecule has 4 aromatic rings. The third kappa shape index (κ3) is 7.04. The Morgan fingerprint density at radius 2 is 1.81 bits per heavy atom. The van der Waals surface area contributed by atoms with E-state index in [1.807, 2.05) is 24.3 Å². The first-order valence-corrected chi connectivity index (χ1v) is 17.8. The summed E-state index contributed by atoms with van der Waals surface area (Å²) in [6.07, 6.45) is -1.03. The lowest BCUT2D eigenvalue weighted by Crippen LogP contribution is -2.43. The molecule has 0 radical (unpaired) electrons. The number of alkyl halides is 3. The number of amides is 2. The second-order valence-corrected chi connectivity index (χ2v) is 15.1. The zero-order chi connectivity index (χ0) is 33.9. The number of carbonyl (C=O) groups is 2. The fourth-order valence-corrected chi connectivity index (χ4v) is 9.60. The highest BCUT2D eigenvalue weighted by atomic mass is 32.2. The Balaban J connectivity index is 1.31. The van der Waals surface area contributed by atoms with Crippen LogP contribution in [0.15, 0.2) is 77.7 Å². The minimum Gasteiger partial charge on any atom is -0.444 e. The summed E-state index contributed by atoms with van der Waals surface area (Å²) in [4.78, 5) is 38.5. The van der Waals surface area contributed by atoms with Gasteiger partial charge in [0.05, 0.1) is 29.5 Å². The van der Waals surface area contributed by atoms with Crippen LogP contribution in [0.4, 0.5) is 13.2 Å². The lowest BCUT2D eigenvalue weighted by atomic mass is 9.96. The number of oxazole rings is 1. The summed E-state index contributed by atoms with van der Waals surface area (Å²) in [7, 11) is -4.18. The van der Waals surface area contributed by atoms with Crippen LogP contribution in [0.1, 0.15) is 52.9 Å². The molecular formula is C33H32F3N3O7S2. The number of hydrogen-bond acceptors (Lipinski definition) is 9. The van der Waals surface area contributed by atoms with Crippen molar-refractivity contribution < 1.29 is 45.2 Å². The standard InChI is InChI=1S/C33H32F3N3O7S2/c34-33(35,36)25-6-2-1-5-24(25)31(41)39-15-14-32(48(42,43)18-16-39,19-29(40)38-46-30-7-3-4-17-44-30)28-13-12-27(47-28)23-10-8-22(9-11-23)26-20-37-21-45-26/h1-2,5-6,8-13,20-21,30H,3-4,7,14-19H2,(H,38,40). The summed E-state index contributed by atoms with van der Waals surface area (Å²) in [5, 5.41) is 0. The average molecular weight is 704 g/mol. The fraction of sp³-hybridized carbons (Fsp3) is 0.364. The van der Waals surface area contributed by atoms with E-state index >= 15 is 0 Å². The van der Waals surface area contributed by atoms with E-state index in [9.17, 15) is 31.2 Å². The smallest absolute Gasteiger partial charge is 0.417 e. The van der Waals surface area contributed by atoms with Crippen LogP contribution in [0.2, 0.25) is 0 Å². The van der Waals surface area contributed by atoms with Crippen molar-refractivity contribution in [3.63, 3.8) is 0 Å². The van der Waals surface area contributed by atoms with Crippen molar-refractivity contribution in [2.75, 3.05) is 25.4 Å². The highest BCUT2D eigenvalue weighted by Gasteiger charge is 2.50. The molecule has 0 bridgehead atoms. The van der Waals surface area contributed by atoms with E-state index in [1.54, 1.807) is 18.3 Å². The maximum Gasteiger partial charge on any atom is 0.417 e. The topological polar surface area (TPSA) is 128 Å². The minimum atomic E-state index is -4.78. The van der Waals surface area contributed by atoms with E-state index in [4.69, 9.17) is 14.0 Å². The van der Waals surface area contributed by atoms with Crippen LogP contribution in [-0.2, 0) is 35.1 Å². The first kappa shape index (κ1) is 33.8. The molecule has 6 rings (SSSR count). The Morgan fingerprint density at radius 1 is 1.04 bits per heavy atom. The summed E-state index contributed by atoms with van der Waals surface area (Å²) < 4.78 is 78.9. The molecule has 2 unspecified atom stereocenters. The highest BCUT2D eigenvalue weighted by Crippen LogP contribution is 2.46. The van der Waals surface area contributed by atoms with Gasteiger partial charge >= 0.3 is 6.18 Å². The van der Waals surface area contributed by atoms with E-state index in [-0.39, 0.29) is 19.5 Å². The number of sulfone groups is 1. The number of thiophene rings is 1. The van der Waals surface area contributed by atoms with Gasteiger partial charge in [-0.2, -0.15) is 13.2 Å². The maximum atomic E-state index is 14.2. The molecule has 2 fully saturated rings. The number of hydrogen-bond donors (Lipinski definition) is 1. The molecule has 2 aliphatic heterocycles. The Bertz CT molecular complexity index is 1860. The monoisotopic (exact) mass is 703 g/mol. The van der Waals surface area contributed by atoms with Crippen molar-refractivity contribution in [1.82, 2.24) is 15.4 Å². The average Bonchev–Trinajstić information content (AvgIpc) is 3.78. The van der Waals surface area contributed by atoms with Crippen molar-refractivity contribution in [2.45, 2.75) is 49.3 Å². The Morgan fingerprint density at radius 3 is 2.52 bits per heavy atom. The summed E-state index contributed by atoms with van der Waals surface area (Å²) in [6.45, 7) is -0.0781. The molecule has 254 valence electrons. The second-order valence-electron chi connectivity index (χ2n) is 11.6. The first-order chi connectivity index (χ1) is 23.0. The van der Waals surface area contributed by atoms with Gasteiger partial charge < -0.3 is 14.1 Å². The molecule has 1 N–H and O–H groups in total. The molecule has 10 nitrogen and oxygen atoms in total. The van der Waals surface area contributed by atoms with Crippen molar-refractivity contribution in [3.8, 4) is 21.8 Å². The summed E-state index contributed by atoms with van der Waals surface area (Å²) >= 11 is 1.19.